The molecule has 0 atom stereocenters. The van der Waals surface area contributed by atoms with E-state index in [4.69, 9.17) is 0 Å². The van der Waals surface area contributed by atoms with Crippen molar-refractivity contribution in [3.63, 3.8) is 0 Å². The quantitative estimate of drug-likeness (QED) is 0.658. The Morgan fingerprint density at radius 1 is 1.25 bits per heavy atom. The molecule has 1 fully saturated rings. The van der Waals surface area contributed by atoms with Crippen molar-refractivity contribution in [2.24, 2.45) is 0 Å². The van der Waals surface area contributed by atoms with Gasteiger partial charge in [-0.05, 0) is 19.3 Å². The van der Waals surface area contributed by atoms with Crippen molar-refractivity contribution in [3.8, 4) is 0 Å². The summed E-state index contributed by atoms with van der Waals surface area (Å²) in [5.41, 5.74) is 0. The van der Waals surface area contributed by atoms with E-state index in [0.717, 1.165) is 32.2 Å². The molecule has 72 valence electrons. The maximum Gasteiger partial charge on any atom is 0.214 e. The second kappa shape index (κ2) is 4.23. The molecular weight excluding hydrogens is 174 g/mol. The van der Waals surface area contributed by atoms with Crippen molar-refractivity contribution >= 4 is 10.0 Å². The lowest BCUT2D eigenvalue weighted by Gasteiger charge is -2.18. The first-order chi connectivity index (χ1) is 5.67. The summed E-state index contributed by atoms with van der Waals surface area (Å²) in [5, 5.41) is 0. The topological polar surface area (TPSA) is 37.4 Å². The van der Waals surface area contributed by atoms with Crippen LogP contribution in [0.15, 0.2) is 0 Å². The number of hydrogen-bond acceptors (Lipinski definition) is 2. The van der Waals surface area contributed by atoms with Crippen LogP contribution in [0.1, 0.15) is 32.6 Å². The van der Waals surface area contributed by atoms with Crippen LogP contribution >= 0.6 is 0 Å². The molecule has 3 nitrogen and oxygen atoms in total. The second-order valence-electron chi connectivity index (χ2n) is 3.28. The molecule has 0 amide bonds. The molecule has 0 unspecified atom stereocenters. The summed E-state index contributed by atoms with van der Waals surface area (Å²) in [6, 6.07) is 0. The molecule has 0 aliphatic carbocycles. The maximum absolute atomic E-state index is 11.5. The van der Waals surface area contributed by atoms with Crippen LogP contribution in [0.5, 0.6) is 0 Å². The van der Waals surface area contributed by atoms with E-state index < -0.39 is 10.0 Å². The molecule has 1 saturated heterocycles. The Labute approximate surface area is 74.8 Å². The van der Waals surface area contributed by atoms with Crippen molar-refractivity contribution in [2.75, 3.05) is 18.8 Å². The van der Waals surface area contributed by atoms with Crippen molar-refractivity contribution in [1.82, 2.24) is 4.31 Å². The zero-order chi connectivity index (χ0) is 9.03. The highest BCUT2D eigenvalue weighted by molar-refractivity contribution is 7.89. The Bertz CT molecular complexity index is 223. The zero-order valence-corrected chi connectivity index (χ0v) is 8.44. The Hall–Kier alpha value is -0.0900. The monoisotopic (exact) mass is 191 g/mol. The van der Waals surface area contributed by atoms with Crippen molar-refractivity contribution in [1.29, 1.82) is 0 Å². The average Bonchev–Trinajstić information content (AvgIpc) is 2.15. The van der Waals surface area contributed by atoms with Gasteiger partial charge in [0.05, 0.1) is 5.75 Å². The molecule has 0 aromatic rings. The molecular formula is C8H17NO2S. The van der Waals surface area contributed by atoms with Gasteiger partial charge in [0.1, 0.15) is 0 Å². The van der Waals surface area contributed by atoms with Crippen LogP contribution in [0.25, 0.3) is 0 Å². The maximum atomic E-state index is 11.5. The molecule has 1 heterocycles. The summed E-state index contributed by atoms with van der Waals surface area (Å²) < 4.78 is 24.7. The van der Waals surface area contributed by atoms with Crippen LogP contribution in [0, 0.1) is 0 Å². The second-order valence-corrected chi connectivity index (χ2v) is 5.36. The number of hydrogen-bond donors (Lipinski definition) is 0. The van der Waals surface area contributed by atoms with Gasteiger partial charge < -0.3 is 0 Å². The van der Waals surface area contributed by atoms with E-state index in [1.165, 1.54) is 0 Å². The van der Waals surface area contributed by atoms with Crippen molar-refractivity contribution < 1.29 is 8.42 Å². The predicted molar refractivity (Wildman–Crippen MR) is 49.5 cm³/mol. The third-order valence-electron chi connectivity index (χ3n) is 2.18. The van der Waals surface area contributed by atoms with Gasteiger partial charge in [-0.1, -0.05) is 13.3 Å². The Morgan fingerprint density at radius 3 is 2.67 bits per heavy atom. The van der Waals surface area contributed by atoms with Crippen LogP contribution in [-0.4, -0.2) is 31.6 Å². The average molecular weight is 191 g/mol. The number of sulfonamides is 1. The largest absolute Gasteiger partial charge is 0.214 e. The van der Waals surface area contributed by atoms with Gasteiger partial charge in [0.15, 0.2) is 0 Å². The molecule has 0 N–H and O–H groups in total. The lowest BCUT2D eigenvalue weighted by atomic mass is 10.2. The minimum absolute atomic E-state index is 0.354. The lowest BCUT2D eigenvalue weighted by Crippen LogP contribution is -2.32. The van der Waals surface area contributed by atoms with Gasteiger partial charge in [-0.2, -0.15) is 0 Å². The Kier molecular flexibility index (Phi) is 3.53. The van der Waals surface area contributed by atoms with E-state index in [0.29, 0.717) is 12.3 Å². The van der Waals surface area contributed by atoms with E-state index in [9.17, 15) is 8.42 Å². The minimum Gasteiger partial charge on any atom is -0.212 e. The molecule has 4 heteroatoms. The van der Waals surface area contributed by atoms with Crippen LogP contribution in [0.3, 0.4) is 0 Å². The number of nitrogens with zero attached hydrogens (tertiary/aromatic N) is 1. The fourth-order valence-corrected chi connectivity index (χ4v) is 3.21. The fourth-order valence-electron chi connectivity index (χ4n) is 1.52. The minimum atomic E-state index is -2.89. The lowest BCUT2D eigenvalue weighted by molar-refractivity contribution is 0.412. The van der Waals surface area contributed by atoms with Crippen LogP contribution < -0.4 is 0 Å². The Morgan fingerprint density at radius 2 is 2.00 bits per heavy atom. The molecule has 0 saturated carbocycles. The molecule has 0 aromatic carbocycles. The summed E-state index contributed by atoms with van der Waals surface area (Å²) in [6.45, 7) is 3.44. The predicted octanol–water partition coefficient (Wildman–Crippen LogP) is 1.21. The summed E-state index contributed by atoms with van der Waals surface area (Å²) in [6.07, 6.45) is 3.83. The van der Waals surface area contributed by atoms with Gasteiger partial charge in [0.2, 0.25) is 10.0 Å². The molecule has 0 bridgehead atoms. The molecule has 0 spiro atoms. The summed E-state index contributed by atoms with van der Waals surface area (Å²) >= 11 is 0. The van der Waals surface area contributed by atoms with E-state index in [-0.39, 0.29) is 0 Å². The van der Waals surface area contributed by atoms with Crippen molar-refractivity contribution in [2.45, 2.75) is 32.6 Å². The van der Waals surface area contributed by atoms with E-state index in [1.807, 2.05) is 6.92 Å². The first kappa shape index (κ1) is 9.99. The van der Waals surface area contributed by atoms with Gasteiger partial charge in [-0.3, -0.25) is 0 Å². The summed E-state index contributed by atoms with van der Waals surface area (Å²) in [5.74, 6) is 0.354. The van der Waals surface area contributed by atoms with Gasteiger partial charge in [-0.15, -0.1) is 0 Å². The molecule has 0 radical (unpaired) electrons. The van der Waals surface area contributed by atoms with Crippen molar-refractivity contribution in [3.05, 3.63) is 0 Å². The number of rotatable bonds is 2. The van der Waals surface area contributed by atoms with E-state index in [1.54, 1.807) is 4.31 Å². The van der Waals surface area contributed by atoms with E-state index in [2.05, 4.69) is 0 Å². The van der Waals surface area contributed by atoms with Crippen LogP contribution in [-0.2, 0) is 10.0 Å². The van der Waals surface area contributed by atoms with Gasteiger partial charge in [-0.25, -0.2) is 12.7 Å². The highest BCUT2D eigenvalue weighted by atomic mass is 32.2. The first-order valence-corrected chi connectivity index (χ1v) is 6.25. The SMILES string of the molecule is CCCN1CCCCCS1(=O)=O. The zero-order valence-electron chi connectivity index (χ0n) is 7.62. The van der Waals surface area contributed by atoms with Gasteiger partial charge in [0.25, 0.3) is 0 Å². The highest BCUT2D eigenvalue weighted by Crippen LogP contribution is 2.13. The normalized spacial score (nSPS) is 25.1. The van der Waals surface area contributed by atoms with Gasteiger partial charge >= 0.3 is 0 Å². The van der Waals surface area contributed by atoms with Gasteiger partial charge in [0, 0.05) is 13.1 Å². The third kappa shape index (κ3) is 2.45. The van der Waals surface area contributed by atoms with Crippen LogP contribution in [0.4, 0.5) is 0 Å². The smallest absolute Gasteiger partial charge is 0.212 e. The van der Waals surface area contributed by atoms with Crippen LogP contribution in [0.2, 0.25) is 0 Å². The molecule has 0 aromatic heterocycles. The Balaban J connectivity index is 2.65. The first-order valence-electron chi connectivity index (χ1n) is 4.64. The van der Waals surface area contributed by atoms with E-state index >= 15 is 0 Å². The molecule has 1 aliphatic rings. The standard InChI is InChI=1S/C8H17NO2S/c1-2-6-9-7-4-3-5-8-12(9,10)11/h2-8H2,1H3. The fraction of sp³-hybridized carbons (Fsp3) is 1.00. The summed E-state index contributed by atoms with van der Waals surface area (Å²) in [4.78, 5) is 0. The third-order valence-corrected chi connectivity index (χ3v) is 4.13. The molecule has 1 aliphatic heterocycles. The highest BCUT2D eigenvalue weighted by Gasteiger charge is 2.22. The molecule has 1 rings (SSSR count). The summed E-state index contributed by atoms with van der Waals surface area (Å²) in [7, 11) is -2.89. The molecule has 12 heavy (non-hydrogen) atoms.